The van der Waals surface area contributed by atoms with Crippen LogP contribution in [-0.2, 0) is 11.3 Å². The van der Waals surface area contributed by atoms with Crippen LogP contribution >= 0.6 is 0 Å². The highest BCUT2D eigenvalue weighted by Gasteiger charge is 2.23. The normalized spacial score (nSPS) is 17.0. The number of carbonyl (C=O) groups is 1. The van der Waals surface area contributed by atoms with Gasteiger partial charge in [0.1, 0.15) is 0 Å². The van der Waals surface area contributed by atoms with Crippen molar-refractivity contribution >= 4 is 16.9 Å². The standard InChI is InChI=1S/C17H24N4O/c1-19-10-7-14(8-11-19)20(2)17(22)9-12-21-13-18-15-5-3-4-6-16(15)21/h3-6,13-14H,7-12H2,1-2H3. The molecule has 1 saturated heterocycles. The highest BCUT2D eigenvalue weighted by molar-refractivity contribution is 5.77. The third-order valence-corrected chi connectivity index (χ3v) is 4.72. The van der Waals surface area contributed by atoms with E-state index in [1.54, 1.807) is 0 Å². The van der Waals surface area contributed by atoms with Crippen LogP contribution in [0.4, 0.5) is 0 Å². The van der Waals surface area contributed by atoms with Crippen molar-refractivity contribution in [1.82, 2.24) is 19.4 Å². The van der Waals surface area contributed by atoms with Gasteiger partial charge < -0.3 is 14.4 Å². The molecule has 1 aromatic carbocycles. The van der Waals surface area contributed by atoms with Crippen LogP contribution in [0.15, 0.2) is 30.6 Å². The van der Waals surface area contributed by atoms with Crippen molar-refractivity contribution in [2.24, 2.45) is 0 Å². The number of fused-ring (bicyclic) bond motifs is 1. The van der Waals surface area contributed by atoms with Crippen molar-refractivity contribution in [3.63, 3.8) is 0 Å². The van der Waals surface area contributed by atoms with Gasteiger partial charge >= 0.3 is 0 Å². The van der Waals surface area contributed by atoms with Gasteiger partial charge in [-0.2, -0.15) is 0 Å². The summed E-state index contributed by atoms with van der Waals surface area (Å²) in [5.41, 5.74) is 2.08. The molecule has 1 fully saturated rings. The Morgan fingerprint density at radius 1 is 1.32 bits per heavy atom. The first-order chi connectivity index (χ1) is 10.6. The summed E-state index contributed by atoms with van der Waals surface area (Å²) in [6.07, 6.45) is 4.51. The quantitative estimate of drug-likeness (QED) is 0.867. The molecule has 22 heavy (non-hydrogen) atoms. The number of nitrogens with zero attached hydrogens (tertiary/aromatic N) is 4. The number of aromatic nitrogens is 2. The summed E-state index contributed by atoms with van der Waals surface area (Å²) in [4.78, 5) is 21.1. The van der Waals surface area contributed by atoms with Crippen molar-refractivity contribution < 1.29 is 4.79 Å². The van der Waals surface area contributed by atoms with E-state index in [1.165, 1.54) is 0 Å². The van der Waals surface area contributed by atoms with Crippen molar-refractivity contribution in [2.75, 3.05) is 27.2 Å². The van der Waals surface area contributed by atoms with Crippen LogP contribution in [0.3, 0.4) is 0 Å². The van der Waals surface area contributed by atoms with E-state index in [0.717, 1.165) is 37.0 Å². The van der Waals surface area contributed by atoms with E-state index in [9.17, 15) is 4.79 Å². The highest BCUT2D eigenvalue weighted by atomic mass is 16.2. The molecule has 1 amide bonds. The third kappa shape index (κ3) is 3.14. The van der Waals surface area contributed by atoms with Gasteiger partial charge in [-0.3, -0.25) is 4.79 Å². The number of likely N-dealkylation sites (tertiary alicyclic amines) is 1. The van der Waals surface area contributed by atoms with Crippen LogP contribution in [0.2, 0.25) is 0 Å². The van der Waals surface area contributed by atoms with E-state index in [0.29, 0.717) is 19.0 Å². The van der Waals surface area contributed by atoms with Gasteiger partial charge in [0.25, 0.3) is 0 Å². The number of amides is 1. The molecule has 0 N–H and O–H groups in total. The predicted molar refractivity (Wildman–Crippen MR) is 87.6 cm³/mol. The summed E-state index contributed by atoms with van der Waals surface area (Å²) in [5, 5.41) is 0. The number of aryl methyl sites for hydroxylation is 1. The van der Waals surface area contributed by atoms with Gasteiger partial charge in [0.2, 0.25) is 5.91 Å². The predicted octanol–water partition coefficient (Wildman–Crippen LogP) is 1.98. The maximum atomic E-state index is 12.4. The molecular formula is C17H24N4O. The molecule has 3 rings (SSSR count). The van der Waals surface area contributed by atoms with Crippen LogP contribution in [0.1, 0.15) is 19.3 Å². The average molecular weight is 300 g/mol. The minimum Gasteiger partial charge on any atom is -0.343 e. The molecule has 0 saturated carbocycles. The molecule has 0 bridgehead atoms. The Bertz CT molecular complexity index is 643. The zero-order valence-corrected chi connectivity index (χ0v) is 13.4. The van der Waals surface area contributed by atoms with E-state index < -0.39 is 0 Å². The minimum absolute atomic E-state index is 0.229. The summed E-state index contributed by atoms with van der Waals surface area (Å²) in [7, 11) is 4.09. The fourth-order valence-electron chi connectivity index (χ4n) is 3.17. The summed E-state index contributed by atoms with van der Waals surface area (Å²) < 4.78 is 2.07. The zero-order chi connectivity index (χ0) is 15.5. The Balaban J connectivity index is 1.57. The maximum absolute atomic E-state index is 12.4. The Hall–Kier alpha value is -1.88. The molecule has 1 aromatic heterocycles. The molecule has 118 valence electrons. The number of hydrogen-bond acceptors (Lipinski definition) is 3. The van der Waals surface area contributed by atoms with Crippen molar-refractivity contribution in [1.29, 1.82) is 0 Å². The maximum Gasteiger partial charge on any atom is 0.224 e. The van der Waals surface area contributed by atoms with Gasteiger partial charge in [-0.1, -0.05) is 12.1 Å². The molecule has 2 heterocycles. The first-order valence-corrected chi connectivity index (χ1v) is 7.99. The molecule has 5 nitrogen and oxygen atoms in total. The van der Waals surface area contributed by atoms with Gasteiger partial charge in [-0.05, 0) is 45.1 Å². The number of rotatable bonds is 4. The van der Waals surface area contributed by atoms with E-state index in [4.69, 9.17) is 0 Å². The molecule has 0 atom stereocenters. The minimum atomic E-state index is 0.229. The number of para-hydroxylation sites is 2. The molecule has 0 unspecified atom stereocenters. The van der Waals surface area contributed by atoms with Gasteiger partial charge in [0, 0.05) is 26.1 Å². The van der Waals surface area contributed by atoms with Gasteiger partial charge in [-0.25, -0.2) is 4.98 Å². The molecule has 5 heteroatoms. The SMILES string of the molecule is CN1CCC(N(C)C(=O)CCn2cnc3ccccc32)CC1. The summed E-state index contributed by atoms with van der Waals surface area (Å²) in [5.74, 6) is 0.229. The van der Waals surface area contributed by atoms with E-state index in [2.05, 4.69) is 21.5 Å². The fourth-order valence-corrected chi connectivity index (χ4v) is 3.17. The molecule has 1 aliphatic heterocycles. The largest absolute Gasteiger partial charge is 0.343 e. The number of hydrogen-bond donors (Lipinski definition) is 0. The Morgan fingerprint density at radius 3 is 2.82 bits per heavy atom. The third-order valence-electron chi connectivity index (χ3n) is 4.72. The fraction of sp³-hybridized carbons (Fsp3) is 0.529. The second kappa shape index (κ2) is 6.48. The topological polar surface area (TPSA) is 41.4 Å². The summed E-state index contributed by atoms with van der Waals surface area (Å²) >= 11 is 0. The number of piperidine rings is 1. The van der Waals surface area contributed by atoms with Crippen LogP contribution in [-0.4, -0.2) is 58.5 Å². The Kier molecular flexibility index (Phi) is 4.43. The van der Waals surface area contributed by atoms with E-state index in [1.807, 2.05) is 42.5 Å². The molecular weight excluding hydrogens is 276 g/mol. The lowest BCUT2D eigenvalue weighted by Crippen LogP contribution is -2.44. The molecule has 0 radical (unpaired) electrons. The van der Waals surface area contributed by atoms with Gasteiger partial charge in [0.15, 0.2) is 0 Å². The lowest BCUT2D eigenvalue weighted by molar-refractivity contribution is -0.133. The van der Waals surface area contributed by atoms with Gasteiger partial charge in [0.05, 0.1) is 17.4 Å². The van der Waals surface area contributed by atoms with Gasteiger partial charge in [-0.15, -0.1) is 0 Å². The number of carbonyl (C=O) groups excluding carboxylic acids is 1. The van der Waals surface area contributed by atoms with Crippen LogP contribution < -0.4 is 0 Å². The van der Waals surface area contributed by atoms with E-state index in [-0.39, 0.29) is 5.91 Å². The number of benzene rings is 1. The average Bonchev–Trinajstić information content (AvgIpc) is 2.96. The molecule has 0 aliphatic carbocycles. The second-order valence-electron chi connectivity index (χ2n) is 6.22. The van der Waals surface area contributed by atoms with Crippen molar-refractivity contribution in [3.8, 4) is 0 Å². The molecule has 0 spiro atoms. The second-order valence-corrected chi connectivity index (χ2v) is 6.22. The number of imidazole rings is 1. The van der Waals surface area contributed by atoms with Crippen LogP contribution in [0.25, 0.3) is 11.0 Å². The first kappa shape index (κ1) is 15.0. The zero-order valence-electron chi connectivity index (χ0n) is 13.4. The summed E-state index contributed by atoms with van der Waals surface area (Å²) in [6.45, 7) is 2.85. The van der Waals surface area contributed by atoms with Crippen LogP contribution in [0, 0.1) is 0 Å². The highest BCUT2D eigenvalue weighted by Crippen LogP contribution is 2.16. The summed E-state index contributed by atoms with van der Waals surface area (Å²) in [6, 6.07) is 8.43. The van der Waals surface area contributed by atoms with E-state index >= 15 is 0 Å². The lowest BCUT2D eigenvalue weighted by Gasteiger charge is -2.35. The Morgan fingerprint density at radius 2 is 2.05 bits per heavy atom. The first-order valence-electron chi connectivity index (χ1n) is 7.99. The van der Waals surface area contributed by atoms with Crippen molar-refractivity contribution in [2.45, 2.75) is 31.8 Å². The molecule has 1 aliphatic rings. The van der Waals surface area contributed by atoms with Crippen molar-refractivity contribution in [3.05, 3.63) is 30.6 Å². The lowest BCUT2D eigenvalue weighted by atomic mass is 10.0. The van der Waals surface area contributed by atoms with Crippen LogP contribution in [0.5, 0.6) is 0 Å². The Labute approximate surface area is 131 Å². The monoisotopic (exact) mass is 300 g/mol. The smallest absolute Gasteiger partial charge is 0.224 e. The molecule has 2 aromatic rings.